The summed E-state index contributed by atoms with van der Waals surface area (Å²) < 4.78 is 1.98. The Kier molecular flexibility index (Phi) is 4.71. The maximum atomic E-state index is 12.0. The fraction of sp³-hybridized carbons (Fsp3) is 0.368. The SMILES string of the molecule is CC(C)(C)c1ccc(CCC(=O)NCc2cn3ccsc3n2)cc1. The summed E-state index contributed by atoms with van der Waals surface area (Å²) in [6, 6.07) is 8.56. The number of amides is 1. The molecule has 126 valence electrons. The Hall–Kier alpha value is -2.14. The molecule has 0 saturated carbocycles. The molecule has 0 aliphatic rings. The molecule has 0 aliphatic heterocycles. The van der Waals surface area contributed by atoms with Gasteiger partial charge in [-0.2, -0.15) is 0 Å². The van der Waals surface area contributed by atoms with Gasteiger partial charge >= 0.3 is 0 Å². The van der Waals surface area contributed by atoms with Crippen LogP contribution in [-0.2, 0) is 23.2 Å². The van der Waals surface area contributed by atoms with Crippen molar-refractivity contribution in [1.29, 1.82) is 0 Å². The van der Waals surface area contributed by atoms with E-state index in [1.54, 1.807) is 11.3 Å². The van der Waals surface area contributed by atoms with Gasteiger partial charge in [-0.25, -0.2) is 4.98 Å². The number of benzene rings is 1. The predicted octanol–water partition coefficient (Wildman–Crippen LogP) is 3.94. The van der Waals surface area contributed by atoms with E-state index in [9.17, 15) is 4.79 Å². The van der Waals surface area contributed by atoms with Gasteiger partial charge in [-0.05, 0) is 23.0 Å². The largest absolute Gasteiger partial charge is 0.350 e. The second-order valence-corrected chi connectivity index (χ2v) is 7.92. The summed E-state index contributed by atoms with van der Waals surface area (Å²) >= 11 is 1.59. The molecule has 4 nitrogen and oxygen atoms in total. The van der Waals surface area contributed by atoms with Gasteiger partial charge in [0.15, 0.2) is 4.96 Å². The van der Waals surface area contributed by atoms with Crippen LogP contribution in [0.4, 0.5) is 0 Å². The van der Waals surface area contributed by atoms with Crippen molar-refractivity contribution in [3.8, 4) is 0 Å². The van der Waals surface area contributed by atoms with E-state index in [1.807, 2.05) is 22.2 Å². The molecule has 0 fully saturated rings. The third kappa shape index (κ3) is 4.03. The maximum absolute atomic E-state index is 12.0. The van der Waals surface area contributed by atoms with Gasteiger partial charge in [0, 0.05) is 24.2 Å². The molecule has 0 atom stereocenters. The second-order valence-electron chi connectivity index (χ2n) is 7.05. The summed E-state index contributed by atoms with van der Waals surface area (Å²) in [6.45, 7) is 7.09. The number of fused-ring (bicyclic) bond motifs is 1. The van der Waals surface area contributed by atoms with Crippen molar-refractivity contribution in [3.05, 3.63) is 58.9 Å². The monoisotopic (exact) mass is 341 g/mol. The average molecular weight is 341 g/mol. The topological polar surface area (TPSA) is 46.4 Å². The number of carbonyl (C=O) groups is 1. The molecule has 0 radical (unpaired) electrons. The quantitative estimate of drug-likeness (QED) is 0.764. The van der Waals surface area contributed by atoms with Crippen molar-refractivity contribution in [1.82, 2.24) is 14.7 Å². The zero-order chi connectivity index (χ0) is 17.2. The van der Waals surface area contributed by atoms with Crippen molar-refractivity contribution in [2.75, 3.05) is 0 Å². The Labute approximate surface area is 146 Å². The Bertz CT molecular complexity index is 796. The molecule has 1 amide bonds. The molecule has 3 rings (SSSR count). The van der Waals surface area contributed by atoms with E-state index in [4.69, 9.17) is 0 Å². The minimum absolute atomic E-state index is 0.0613. The molecule has 24 heavy (non-hydrogen) atoms. The van der Waals surface area contributed by atoms with E-state index >= 15 is 0 Å². The fourth-order valence-electron chi connectivity index (χ4n) is 2.57. The summed E-state index contributed by atoms with van der Waals surface area (Å²) in [5.41, 5.74) is 3.56. The Balaban J connectivity index is 1.47. The van der Waals surface area contributed by atoms with Gasteiger partial charge in [0.05, 0.1) is 12.2 Å². The van der Waals surface area contributed by atoms with Crippen LogP contribution in [0.3, 0.4) is 0 Å². The van der Waals surface area contributed by atoms with Gasteiger partial charge in [-0.1, -0.05) is 45.0 Å². The molecular formula is C19H23N3OS. The van der Waals surface area contributed by atoms with Gasteiger partial charge in [0.2, 0.25) is 5.91 Å². The number of thiazole rings is 1. The highest BCUT2D eigenvalue weighted by Crippen LogP contribution is 2.22. The molecule has 2 heterocycles. The van der Waals surface area contributed by atoms with E-state index in [-0.39, 0.29) is 11.3 Å². The van der Waals surface area contributed by atoms with Gasteiger partial charge in [-0.3, -0.25) is 9.20 Å². The Morgan fingerprint density at radius 3 is 2.67 bits per heavy atom. The van der Waals surface area contributed by atoms with Crippen LogP contribution >= 0.6 is 11.3 Å². The molecule has 0 saturated heterocycles. The van der Waals surface area contributed by atoms with Gasteiger partial charge in [0.1, 0.15) is 0 Å². The van der Waals surface area contributed by atoms with Crippen LogP contribution in [0.5, 0.6) is 0 Å². The first-order valence-corrected chi connectivity index (χ1v) is 9.07. The summed E-state index contributed by atoms with van der Waals surface area (Å²) in [7, 11) is 0. The number of hydrogen-bond donors (Lipinski definition) is 1. The molecule has 2 aromatic heterocycles. The highest BCUT2D eigenvalue weighted by atomic mass is 32.1. The molecule has 0 bridgehead atoms. The first-order valence-electron chi connectivity index (χ1n) is 8.19. The van der Waals surface area contributed by atoms with Crippen molar-refractivity contribution in [2.24, 2.45) is 0 Å². The lowest BCUT2D eigenvalue weighted by atomic mass is 9.86. The lowest BCUT2D eigenvalue weighted by Gasteiger charge is -2.19. The van der Waals surface area contributed by atoms with Crippen molar-refractivity contribution < 1.29 is 4.79 Å². The van der Waals surface area contributed by atoms with E-state index in [2.05, 4.69) is 55.3 Å². The minimum atomic E-state index is 0.0613. The molecule has 0 unspecified atom stereocenters. The molecule has 3 aromatic rings. The lowest BCUT2D eigenvalue weighted by molar-refractivity contribution is -0.121. The van der Waals surface area contributed by atoms with E-state index in [1.165, 1.54) is 11.1 Å². The van der Waals surface area contributed by atoms with Crippen molar-refractivity contribution in [2.45, 2.75) is 45.6 Å². The minimum Gasteiger partial charge on any atom is -0.350 e. The first-order chi connectivity index (χ1) is 11.4. The molecule has 1 aromatic carbocycles. The van der Waals surface area contributed by atoms with Gasteiger partial charge in [-0.15, -0.1) is 11.3 Å². The zero-order valence-corrected chi connectivity index (χ0v) is 15.2. The summed E-state index contributed by atoms with van der Waals surface area (Å²) in [5.74, 6) is 0.0613. The first kappa shape index (κ1) is 16.7. The van der Waals surface area contributed by atoms with Crippen LogP contribution in [0, 0.1) is 0 Å². The Morgan fingerprint density at radius 1 is 1.25 bits per heavy atom. The standard InChI is InChI=1S/C19H23N3OS/c1-19(2,3)15-7-4-14(5-8-15)6-9-17(23)20-12-16-13-22-10-11-24-18(22)21-16/h4-5,7-8,10-11,13H,6,9,12H2,1-3H3,(H,20,23). The fourth-order valence-corrected chi connectivity index (χ4v) is 3.29. The number of nitrogens with one attached hydrogen (secondary N) is 1. The highest BCUT2D eigenvalue weighted by molar-refractivity contribution is 7.15. The van der Waals surface area contributed by atoms with Crippen LogP contribution in [-0.4, -0.2) is 15.3 Å². The zero-order valence-electron chi connectivity index (χ0n) is 14.4. The van der Waals surface area contributed by atoms with Gasteiger partial charge < -0.3 is 5.32 Å². The predicted molar refractivity (Wildman–Crippen MR) is 98.4 cm³/mol. The molecular weight excluding hydrogens is 318 g/mol. The van der Waals surface area contributed by atoms with E-state index in [0.717, 1.165) is 17.1 Å². The van der Waals surface area contributed by atoms with Crippen LogP contribution in [0.1, 0.15) is 44.0 Å². The number of nitrogens with zero attached hydrogens (tertiary/aromatic N) is 2. The number of imidazole rings is 1. The second kappa shape index (κ2) is 6.77. The summed E-state index contributed by atoms with van der Waals surface area (Å²) in [5, 5.41) is 4.94. The number of carbonyl (C=O) groups excluding carboxylic acids is 1. The summed E-state index contributed by atoms with van der Waals surface area (Å²) in [4.78, 5) is 17.4. The lowest BCUT2D eigenvalue weighted by Crippen LogP contribution is -2.23. The number of aryl methyl sites for hydroxylation is 1. The van der Waals surface area contributed by atoms with Crippen molar-refractivity contribution in [3.63, 3.8) is 0 Å². The molecule has 1 N–H and O–H groups in total. The van der Waals surface area contributed by atoms with E-state index in [0.29, 0.717) is 13.0 Å². The van der Waals surface area contributed by atoms with Crippen LogP contribution in [0.15, 0.2) is 42.0 Å². The highest BCUT2D eigenvalue weighted by Gasteiger charge is 2.13. The smallest absolute Gasteiger partial charge is 0.220 e. The maximum Gasteiger partial charge on any atom is 0.220 e. The normalized spacial score (nSPS) is 11.8. The van der Waals surface area contributed by atoms with E-state index < -0.39 is 0 Å². The molecule has 0 aliphatic carbocycles. The third-order valence-electron chi connectivity index (χ3n) is 4.07. The Morgan fingerprint density at radius 2 is 2.00 bits per heavy atom. The van der Waals surface area contributed by atoms with Crippen LogP contribution < -0.4 is 5.32 Å². The third-order valence-corrected chi connectivity index (χ3v) is 4.84. The van der Waals surface area contributed by atoms with Crippen LogP contribution in [0.2, 0.25) is 0 Å². The van der Waals surface area contributed by atoms with Crippen LogP contribution in [0.25, 0.3) is 4.96 Å². The number of rotatable bonds is 5. The molecule has 0 spiro atoms. The van der Waals surface area contributed by atoms with Gasteiger partial charge in [0.25, 0.3) is 0 Å². The number of aromatic nitrogens is 2. The van der Waals surface area contributed by atoms with Crippen molar-refractivity contribution >= 4 is 22.2 Å². The molecule has 5 heteroatoms. The summed E-state index contributed by atoms with van der Waals surface area (Å²) in [6.07, 6.45) is 5.18. The average Bonchev–Trinajstić information content (AvgIpc) is 3.11. The number of hydrogen-bond acceptors (Lipinski definition) is 3.